The van der Waals surface area contributed by atoms with Crippen molar-refractivity contribution in [2.24, 2.45) is 5.92 Å². The molecule has 3 N–H and O–H groups in total. The molecular formula is C25H22F3N5O2. The van der Waals surface area contributed by atoms with Crippen LogP contribution < -0.4 is 15.4 Å². The lowest BCUT2D eigenvalue weighted by Crippen LogP contribution is -2.28. The SMILES string of the molecule is COc1ccc(C(F)(F)F)cc1Nc1ncnc2[nH]c3c(c12)C[C@@H](C(=O)Nc1ccccc1)CC3. The summed E-state index contributed by atoms with van der Waals surface area (Å²) in [6, 6.07) is 12.5. The average Bonchev–Trinajstić information content (AvgIpc) is 3.23. The summed E-state index contributed by atoms with van der Waals surface area (Å²) < 4.78 is 45.2. The summed E-state index contributed by atoms with van der Waals surface area (Å²) >= 11 is 0. The van der Waals surface area contributed by atoms with Crippen LogP contribution in [0.3, 0.4) is 0 Å². The third kappa shape index (κ3) is 4.51. The molecule has 1 amide bonds. The Bertz CT molecular complexity index is 1390. The number of benzene rings is 2. The van der Waals surface area contributed by atoms with Gasteiger partial charge in [-0.25, -0.2) is 9.97 Å². The summed E-state index contributed by atoms with van der Waals surface area (Å²) in [5, 5.41) is 6.61. The average molecular weight is 481 g/mol. The monoisotopic (exact) mass is 481 g/mol. The van der Waals surface area contributed by atoms with Gasteiger partial charge in [0.1, 0.15) is 23.5 Å². The van der Waals surface area contributed by atoms with E-state index >= 15 is 0 Å². The lowest BCUT2D eigenvalue weighted by atomic mass is 9.86. The number of anilines is 3. The largest absolute Gasteiger partial charge is 0.495 e. The van der Waals surface area contributed by atoms with Crippen LogP contribution in [0.2, 0.25) is 0 Å². The standard InChI is InChI=1S/C25H22F3N5O2/c1-35-20-10-8-15(25(26,27)28)12-19(20)33-23-21-17-11-14(24(34)31-16-5-3-2-4-6-16)7-9-18(17)32-22(21)29-13-30-23/h2-6,8,10,12-14H,7,9,11H2,1H3,(H,31,34)(H2,29,30,32,33)/t14-/m0/s1. The third-order valence-corrected chi connectivity index (χ3v) is 6.17. The first-order valence-electron chi connectivity index (χ1n) is 11.1. The number of aryl methyl sites for hydroxylation is 1. The highest BCUT2D eigenvalue weighted by atomic mass is 19.4. The van der Waals surface area contributed by atoms with Gasteiger partial charge in [0, 0.05) is 17.3 Å². The molecule has 0 unspecified atom stereocenters. The van der Waals surface area contributed by atoms with Gasteiger partial charge in [0.2, 0.25) is 5.91 Å². The van der Waals surface area contributed by atoms with Crippen LogP contribution in [-0.2, 0) is 23.8 Å². The fraction of sp³-hybridized carbons (Fsp3) is 0.240. The Labute approximate surface area is 198 Å². The number of para-hydroxylation sites is 1. The normalized spacial score (nSPS) is 15.5. The highest BCUT2D eigenvalue weighted by Crippen LogP contribution is 2.39. The maximum Gasteiger partial charge on any atom is 0.416 e. The molecule has 0 aliphatic heterocycles. The van der Waals surface area contributed by atoms with Gasteiger partial charge in [-0.2, -0.15) is 13.2 Å². The van der Waals surface area contributed by atoms with E-state index in [1.807, 2.05) is 30.3 Å². The number of methoxy groups -OCH3 is 1. The molecular weight excluding hydrogens is 459 g/mol. The van der Waals surface area contributed by atoms with Crippen molar-refractivity contribution >= 4 is 34.1 Å². The molecule has 2 aromatic carbocycles. The van der Waals surface area contributed by atoms with Crippen molar-refractivity contribution in [2.45, 2.75) is 25.4 Å². The number of H-pyrrole nitrogens is 1. The minimum Gasteiger partial charge on any atom is -0.495 e. The second-order valence-electron chi connectivity index (χ2n) is 8.36. The number of carbonyl (C=O) groups is 1. The molecule has 180 valence electrons. The van der Waals surface area contributed by atoms with Crippen molar-refractivity contribution in [1.29, 1.82) is 0 Å². The van der Waals surface area contributed by atoms with Gasteiger partial charge in [0.15, 0.2) is 0 Å². The van der Waals surface area contributed by atoms with Crippen LogP contribution >= 0.6 is 0 Å². The van der Waals surface area contributed by atoms with E-state index in [2.05, 4.69) is 25.6 Å². The number of rotatable bonds is 5. The van der Waals surface area contributed by atoms with Gasteiger partial charge in [-0.1, -0.05) is 18.2 Å². The summed E-state index contributed by atoms with van der Waals surface area (Å²) in [5.74, 6) is 0.239. The number of carbonyl (C=O) groups excluding carboxylic acids is 1. The molecule has 1 atom stereocenters. The first-order valence-corrected chi connectivity index (χ1v) is 11.1. The van der Waals surface area contributed by atoms with Crippen LogP contribution in [0.4, 0.5) is 30.4 Å². The lowest BCUT2D eigenvalue weighted by Gasteiger charge is -2.22. The fourth-order valence-electron chi connectivity index (χ4n) is 4.44. The summed E-state index contributed by atoms with van der Waals surface area (Å²) in [4.78, 5) is 24.8. The molecule has 0 fully saturated rings. The van der Waals surface area contributed by atoms with Crippen molar-refractivity contribution in [3.8, 4) is 5.75 Å². The Morgan fingerprint density at radius 2 is 1.94 bits per heavy atom. The van der Waals surface area contributed by atoms with Gasteiger partial charge in [-0.15, -0.1) is 0 Å². The Balaban J connectivity index is 1.48. The van der Waals surface area contributed by atoms with Crippen molar-refractivity contribution in [1.82, 2.24) is 15.0 Å². The fourth-order valence-corrected chi connectivity index (χ4v) is 4.44. The minimum absolute atomic E-state index is 0.0814. The molecule has 1 aliphatic carbocycles. The molecule has 0 saturated heterocycles. The van der Waals surface area contributed by atoms with Crippen LogP contribution in [0, 0.1) is 5.92 Å². The molecule has 35 heavy (non-hydrogen) atoms. The second kappa shape index (κ2) is 8.94. The van der Waals surface area contributed by atoms with E-state index < -0.39 is 11.7 Å². The molecule has 0 radical (unpaired) electrons. The summed E-state index contributed by atoms with van der Waals surface area (Å²) in [7, 11) is 1.39. The number of amides is 1. The van der Waals surface area contributed by atoms with E-state index in [1.165, 1.54) is 19.5 Å². The molecule has 2 aromatic heterocycles. The van der Waals surface area contributed by atoms with E-state index in [1.54, 1.807) is 0 Å². The predicted molar refractivity (Wildman–Crippen MR) is 126 cm³/mol. The van der Waals surface area contributed by atoms with Gasteiger partial charge >= 0.3 is 6.18 Å². The second-order valence-corrected chi connectivity index (χ2v) is 8.36. The number of aromatic amines is 1. The molecule has 2 heterocycles. The Morgan fingerprint density at radius 1 is 1.14 bits per heavy atom. The smallest absolute Gasteiger partial charge is 0.416 e. The zero-order chi connectivity index (χ0) is 24.6. The van der Waals surface area contributed by atoms with E-state index in [0.717, 1.165) is 29.1 Å². The maximum atomic E-state index is 13.3. The minimum atomic E-state index is -4.50. The first-order chi connectivity index (χ1) is 16.8. The molecule has 7 nitrogen and oxygen atoms in total. The van der Waals surface area contributed by atoms with E-state index in [9.17, 15) is 18.0 Å². The highest BCUT2D eigenvalue weighted by molar-refractivity contribution is 5.96. The number of hydrogen-bond acceptors (Lipinski definition) is 5. The maximum absolute atomic E-state index is 13.3. The highest BCUT2D eigenvalue weighted by Gasteiger charge is 2.32. The molecule has 5 rings (SSSR count). The first kappa shape index (κ1) is 22.7. The Morgan fingerprint density at radius 3 is 2.69 bits per heavy atom. The number of hydrogen-bond donors (Lipinski definition) is 3. The number of ether oxygens (including phenoxy) is 1. The molecule has 0 bridgehead atoms. The zero-order valence-corrected chi connectivity index (χ0v) is 18.7. The quantitative estimate of drug-likeness (QED) is 0.352. The van der Waals surface area contributed by atoms with E-state index in [0.29, 0.717) is 36.1 Å². The van der Waals surface area contributed by atoms with Gasteiger partial charge < -0.3 is 20.4 Å². The number of nitrogens with one attached hydrogen (secondary N) is 3. The van der Waals surface area contributed by atoms with Gasteiger partial charge in [0.25, 0.3) is 0 Å². The Hall–Kier alpha value is -4.08. The van der Waals surface area contributed by atoms with Crippen LogP contribution in [-0.4, -0.2) is 28.0 Å². The van der Waals surface area contributed by atoms with Crippen LogP contribution in [0.1, 0.15) is 23.2 Å². The summed E-state index contributed by atoms with van der Waals surface area (Å²) in [5.41, 5.74) is 2.44. The van der Waals surface area contributed by atoms with Crippen LogP contribution in [0.5, 0.6) is 5.75 Å². The van der Waals surface area contributed by atoms with E-state index in [4.69, 9.17) is 4.74 Å². The van der Waals surface area contributed by atoms with Crippen molar-refractivity contribution < 1.29 is 22.7 Å². The molecule has 4 aromatic rings. The number of halogens is 3. The van der Waals surface area contributed by atoms with Crippen molar-refractivity contribution in [3.05, 3.63) is 71.7 Å². The number of aromatic nitrogens is 3. The molecule has 1 aliphatic rings. The van der Waals surface area contributed by atoms with Crippen molar-refractivity contribution in [3.63, 3.8) is 0 Å². The van der Waals surface area contributed by atoms with Crippen LogP contribution in [0.15, 0.2) is 54.9 Å². The third-order valence-electron chi connectivity index (χ3n) is 6.17. The molecule has 0 spiro atoms. The van der Waals surface area contributed by atoms with E-state index in [-0.39, 0.29) is 23.3 Å². The predicted octanol–water partition coefficient (Wildman–Crippen LogP) is 5.47. The zero-order valence-electron chi connectivity index (χ0n) is 18.7. The number of nitrogens with zero attached hydrogens (tertiary/aromatic N) is 2. The molecule has 0 saturated carbocycles. The number of fused-ring (bicyclic) bond motifs is 3. The lowest BCUT2D eigenvalue weighted by molar-refractivity contribution is -0.137. The topological polar surface area (TPSA) is 91.9 Å². The molecule has 10 heteroatoms. The summed E-state index contributed by atoms with van der Waals surface area (Å²) in [6.07, 6.45) is -1.40. The summed E-state index contributed by atoms with van der Waals surface area (Å²) in [6.45, 7) is 0. The van der Waals surface area contributed by atoms with Gasteiger partial charge in [0.05, 0.1) is 23.7 Å². The Kier molecular flexibility index (Phi) is 5.80. The van der Waals surface area contributed by atoms with Crippen LogP contribution in [0.25, 0.3) is 11.0 Å². The van der Waals surface area contributed by atoms with Crippen molar-refractivity contribution in [2.75, 3.05) is 17.7 Å². The number of alkyl halides is 3. The van der Waals surface area contributed by atoms with Gasteiger partial charge in [-0.05, 0) is 55.2 Å². The van der Waals surface area contributed by atoms with Gasteiger partial charge in [-0.3, -0.25) is 4.79 Å².